The predicted octanol–water partition coefficient (Wildman–Crippen LogP) is 4.15. The smallest absolute Gasteiger partial charge is 0.152 e. The molecule has 0 aliphatic carbocycles. The van der Waals surface area contributed by atoms with Gasteiger partial charge in [-0.2, -0.15) is 0 Å². The van der Waals surface area contributed by atoms with Gasteiger partial charge < -0.3 is 4.90 Å². The van der Waals surface area contributed by atoms with Gasteiger partial charge in [0, 0.05) is 25.2 Å². The molecule has 0 amide bonds. The Bertz CT molecular complexity index is 603. The summed E-state index contributed by atoms with van der Waals surface area (Å²) >= 11 is 0. The second-order valence-corrected chi connectivity index (χ2v) is 3.87. The molecule has 1 nitrogen and oxygen atoms in total. The van der Waals surface area contributed by atoms with Gasteiger partial charge in [-0.1, -0.05) is 0 Å². The number of nitrogens with zero attached hydrogens (tertiary/aromatic N) is 1. The fourth-order valence-electron chi connectivity index (χ4n) is 1.73. The summed E-state index contributed by atoms with van der Waals surface area (Å²) in [5.74, 6) is -5.22. The minimum atomic E-state index is -1.18. The van der Waals surface area contributed by atoms with Gasteiger partial charge in [0.05, 0.1) is 5.69 Å². The molecule has 0 spiro atoms. The number of hydrogen-bond donors (Lipinski definition) is 0. The lowest BCUT2D eigenvalue weighted by Crippen LogP contribution is -2.15. The third-order valence-electron chi connectivity index (χ3n) is 2.59. The summed E-state index contributed by atoms with van der Waals surface area (Å²) in [6, 6.07) is 3.54. The van der Waals surface area contributed by atoms with Gasteiger partial charge in [-0.3, -0.25) is 0 Å². The maximum Gasteiger partial charge on any atom is 0.152 e. The highest BCUT2D eigenvalue weighted by atomic mass is 19.2. The first-order valence-electron chi connectivity index (χ1n) is 5.23. The van der Waals surface area contributed by atoms with E-state index in [0.29, 0.717) is 18.2 Å². The van der Waals surface area contributed by atoms with Gasteiger partial charge in [-0.25, -0.2) is 22.0 Å². The van der Waals surface area contributed by atoms with Crippen LogP contribution < -0.4 is 4.90 Å². The normalized spacial score (nSPS) is 10.6. The largest absolute Gasteiger partial charge is 0.337 e. The van der Waals surface area contributed by atoms with Crippen LogP contribution in [0.5, 0.6) is 0 Å². The molecule has 100 valence electrons. The predicted molar refractivity (Wildman–Crippen MR) is 60.7 cm³/mol. The summed E-state index contributed by atoms with van der Waals surface area (Å²) in [5, 5.41) is 0. The summed E-state index contributed by atoms with van der Waals surface area (Å²) in [6.45, 7) is 0. The highest BCUT2D eigenvalue weighted by Crippen LogP contribution is 2.31. The lowest BCUT2D eigenvalue weighted by atomic mass is 10.2. The van der Waals surface area contributed by atoms with E-state index in [1.165, 1.54) is 7.05 Å². The second kappa shape index (κ2) is 4.87. The zero-order valence-corrected chi connectivity index (χ0v) is 9.72. The standard InChI is InChI=1S/C13H8F5N/c1-19(12-3-2-7(14)4-9(12)16)13-10(17)5-8(15)6-11(13)18/h2-6H,1H3. The molecule has 2 aromatic rings. The van der Waals surface area contributed by atoms with Crippen LogP contribution in [0.15, 0.2) is 30.3 Å². The Labute approximate surface area is 105 Å². The molecule has 0 aliphatic rings. The van der Waals surface area contributed by atoms with Crippen LogP contribution in [0, 0.1) is 29.1 Å². The molecular formula is C13H8F5N. The van der Waals surface area contributed by atoms with Crippen molar-refractivity contribution in [3.8, 4) is 0 Å². The zero-order chi connectivity index (χ0) is 14.2. The minimum absolute atomic E-state index is 0.231. The van der Waals surface area contributed by atoms with Crippen molar-refractivity contribution in [2.75, 3.05) is 11.9 Å². The average molecular weight is 273 g/mol. The van der Waals surface area contributed by atoms with Crippen LogP contribution in [-0.4, -0.2) is 7.05 Å². The van der Waals surface area contributed by atoms with Crippen molar-refractivity contribution in [3.05, 3.63) is 59.4 Å². The Morgan fingerprint density at radius 3 is 1.79 bits per heavy atom. The molecule has 0 fully saturated rings. The van der Waals surface area contributed by atoms with Crippen LogP contribution in [-0.2, 0) is 0 Å². The van der Waals surface area contributed by atoms with Gasteiger partial charge >= 0.3 is 0 Å². The number of benzene rings is 2. The van der Waals surface area contributed by atoms with Gasteiger partial charge in [0.1, 0.15) is 23.1 Å². The third-order valence-corrected chi connectivity index (χ3v) is 2.59. The van der Waals surface area contributed by atoms with Crippen LogP contribution in [0.3, 0.4) is 0 Å². The summed E-state index contributed by atoms with van der Waals surface area (Å²) in [7, 11) is 1.19. The first-order valence-corrected chi connectivity index (χ1v) is 5.23. The summed E-state index contributed by atoms with van der Waals surface area (Å²) in [5.41, 5.74) is -0.849. The van der Waals surface area contributed by atoms with Crippen LogP contribution in [0.1, 0.15) is 0 Å². The molecule has 6 heteroatoms. The van der Waals surface area contributed by atoms with E-state index < -0.39 is 34.8 Å². The molecule has 0 N–H and O–H groups in total. The molecule has 2 rings (SSSR count). The molecule has 0 atom stereocenters. The van der Waals surface area contributed by atoms with Gasteiger partial charge in [0.25, 0.3) is 0 Å². The van der Waals surface area contributed by atoms with Crippen molar-refractivity contribution in [3.63, 3.8) is 0 Å². The molecule has 0 aliphatic heterocycles. The van der Waals surface area contributed by atoms with E-state index in [0.717, 1.165) is 17.0 Å². The minimum Gasteiger partial charge on any atom is -0.337 e. The highest BCUT2D eigenvalue weighted by molar-refractivity contribution is 5.64. The second-order valence-electron chi connectivity index (χ2n) is 3.87. The summed E-state index contributed by atoms with van der Waals surface area (Å²) in [4.78, 5) is 0.846. The van der Waals surface area contributed by atoms with E-state index in [-0.39, 0.29) is 5.69 Å². The summed E-state index contributed by atoms with van der Waals surface area (Å²) < 4.78 is 66.2. The van der Waals surface area contributed by atoms with E-state index in [1.54, 1.807) is 0 Å². The van der Waals surface area contributed by atoms with Gasteiger partial charge in [0.2, 0.25) is 0 Å². The zero-order valence-electron chi connectivity index (χ0n) is 9.72. The molecule has 0 aromatic heterocycles. The van der Waals surface area contributed by atoms with E-state index in [1.807, 2.05) is 0 Å². The molecule has 0 saturated carbocycles. The Balaban J connectivity index is 2.53. The summed E-state index contributed by atoms with van der Waals surface area (Å²) in [6.07, 6.45) is 0. The van der Waals surface area contributed by atoms with Crippen molar-refractivity contribution >= 4 is 11.4 Å². The third kappa shape index (κ3) is 2.52. The SMILES string of the molecule is CN(c1ccc(F)cc1F)c1c(F)cc(F)cc1F. The van der Waals surface area contributed by atoms with Crippen LogP contribution in [0.2, 0.25) is 0 Å². The van der Waals surface area contributed by atoms with Gasteiger partial charge in [-0.05, 0) is 12.1 Å². The molecule has 0 bridgehead atoms. The monoisotopic (exact) mass is 273 g/mol. The fraction of sp³-hybridized carbons (Fsp3) is 0.0769. The van der Waals surface area contributed by atoms with Crippen molar-refractivity contribution in [2.24, 2.45) is 0 Å². The Kier molecular flexibility index (Phi) is 3.42. The van der Waals surface area contributed by atoms with E-state index in [2.05, 4.69) is 0 Å². The fourth-order valence-corrected chi connectivity index (χ4v) is 1.73. The number of anilines is 2. The lowest BCUT2D eigenvalue weighted by molar-refractivity contribution is 0.543. The first-order chi connectivity index (χ1) is 8.90. The van der Waals surface area contributed by atoms with E-state index >= 15 is 0 Å². The number of rotatable bonds is 2. The van der Waals surface area contributed by atoms with E-state index in [4.69, 9.17) is 0 Å². The molecule has 2 aromatic carbocycles. The van der Waals surface area contributed by atoms with Gasteiger partial charge in [0.15, 0.2) is 11.6 Å². The Hall–Kier alpha value is -2.11. The maximum atomic E-state index is 13.5. The molecule has 0 radical (unpaired) electrons. The van der Waals surface area contributed by atoms with Crippen LogP contribution >= 0.6 is 0 Å². The molecular weight excluding hydrogens is 265 g/mol. The van der Waals surface area contributed by atoms with Crippen molar-refractivity contribution in [2.45, 2.75) is 0 Å². The number of halogens is 5. The first kappa shape index (κ1) is 13.3. The topological polar surface area (TPSA) is 3.24 Å². The molecule has 19 heavy (non-hydrogen) atoms. The van der Waals surface area contributed by atoms with Gasteiger partial charge in [-0.15, -0.1) is 0 Å². The average Bonchev–Trinajstić information content (AvgIpc) is 2.26. The van der Waals surface area contributed by atoms with Crippen LogP contribution in [0.25, 0.3) is 0 Å². The molecule has 0 saturated heterocycles. The van der Waals surface area contributed by atoms with Crippen molar-refractivity contribution < 1.29 is 22.0 Å². The Morgan fingerprint density at radius 2 is 1.26 bits per heavy atom. The van der Waals surface area contributed by atoms with Crippen molar-refractivity contribution in [1.82, 2.24) is 0 Å². The lowest BCUT2D eigenvalue weighted by Gasteiger charge is -2.21. The highest BCUT2D eigenvalue weighted by Gasteiger charge is 2.19. The quantitative estimate of drug-likeness (QED) is 0.743. The van der Waals surface area contributed by atoms with Crippen LogP contribution in [0.4, 0.5) is 33.3 Å². The maximum absolute atomic E-state index is 13.5. The Morgan fingerprint density at radius 1 is 0.737 bits per heavy atom. The van der Waals surface area contributed by atoms with Crippen molar-refractivity contribution in [1.29, 1.82) is 0 Å². The van der Waals surface area contributed by atoms with E-state index in [9.17, 15) is 22.0 Å². The molecule has 0 heterocycles. The molecule has 0 unspecified atom stereocenters. The number of hydrogen-bond acceptors (Lipinski definition) is 1.